The van der Waals surface area contributed by atoms with E-state index in [2.05, 4.69) is 42.9 Å². The number of nitrogens with zero attached hydrogens (tertiary/aromatic N) is 2. The minimum absolute atomic E-state index is 0.00803. The normalized spacial score (nSPS) is 12.1. The van der Waals surface area contributed by atoms with Crippen LogP contribution in [-0.4, -0.2) is 10.3 Å². The van der Waals surface area contributed by atoms with E-state index in [1.54, 1.807) is 6.20 Å². The summed E-state index contributed by atoms with van der Waals surface area (Å²) in [6, 6.07) is 6.08. The zero-order valence-corrected chi connectivity index (χ0v) is 10.0. The SMILES string of the molecule is N#CC(CBr)Cc1ccc(Br)cn1. The minimum Gasteiger partial charge on any atom is -0.260 e. The molecule has 0 aliphatic rings. The minimum atomic E-state index is 0.00803. The maximum Gasteiger partial charge on any atom is 0.0668 e. The number of hydrogen-bond acceptors (Lipinski definition) is 2. The number of pyridine rings is 1. The van der Waals surface area contributed by atoms with Gasteiger partial charge in [0.05, 0.1) is 12.0 Å². The van der Waals surface area contributed by atoms with E-state index in [0.717, 1.165) is 10.2 Å². The highest BCUT2D eigenvalue weighted by atomic mass is 79.9. The molecule has 68 valence electrons. The molecule has 0 bridgehead atoms. The van der Waals surface area contributed by atoms with Gasteiger partial charge < -0.3 is 0 Å². The van der Waals surface area contributed by atoms with Gasteiger partial charge in [0.1, 0.15) is 0 Å². The molecular formula is C9H8Br2N2. The zero-order chi connectivity index (χ0) is 9.68. The van der Waals surface area contributed by atoms with E-state index < -0.39 is 0 Å². The van der Waals surface area contributed by atoms with Gasteiger partial charge in [-0.3, -0.25) is 4.98 Å². The van der Waals surface area contributed by atoms with Gasteiger partial charge in [0.15, 0.2) is 0 Å². The Morgan fingerprint density at radius 2 is 2.31 bits per heavy atom. The van der Waals surface area contributed by atoms with Gasteiger partial charge in [-0.2, -0.15) is 5.26 Å². The van der Waals surface area contributed by atoms with Crippen molar-refractivity contribution in [2.45, 2.75) is 6.42 Å². The van der Waals surface area contributed by atoms with E-state index in [1.165, 1.54) is 0 Å². The molecule has 0 N–H and O–H groups in total. The van der Waals surface area contributed by atoms with Crippen molar-refractivity contribution in [1.82, 2.24) is 4.98 Å². The summed E-state index contributed by atoms with van der Waals surface area (Å²) in [6.07, 6.45) is 2.45. The topological polar surface area (TPSA) is 36.7 Å². The lowest BCUT2D eigenvalue weighted by atomic mass is 10.1. The van der Waals surface area contributed by atoms with Crippen LogP contribution in [0.25, 0.3) is 0 Å². The third kappa shape index (κ3) is 3.45. The van der Waals surface area contributed by atoms with Crippen LogP contribution in [0, 0.1) is 17.2 Å². The van der Waals surface area contributed by atoms with Gasteiger partial charge in [-0.15, -0.1) is 0 Å². The van der Waals surface area contributed by atoms with Crippen LogP contribution >= 0.6 is 31.9 Å². The molecule has 1 atom stereocenters. The molecule has 1 heterocycles. The highest BCUT2D eigenvalue weighted by Gasteiger charge is 2.06. The number of halogens is 2. The Morgan fingerprint density at radius 3 is 2.77 bits per heavy atom. The fourth-order valence-corrected chi connectivity index (χ4v) is 1.52. The summed E-state index contributed by atoms with van der Waals surface area (Å²) in [5.41, 5.74) is 0.953. The fourth-order valence-electron chi connectivity index (χ4n) is 0.914. The van der Waals surface area contributed by atoms with Crippen molar-refractivity contribution in [2.24, 2.45) is 5.92 Å². The molecule has 1 rings (SSSR count). The first-order valence-corrected chi connectivity index (χ1v) is 5.73. The van der Waals surface area contributed by atoms with E-state index >= 15 is 0 Å². The molecule has 1 aromatic heterocycles. The fraction of sp³-hybridized carbons (Fsp3) is 0.333. The number of alkyl halides is 1. The molecule has 2 nitrogen and oxygen atoms in total. The lowest BCUT2D eigenvalue weighted by molar-refractivity contribution is 0.736. The second-order valence-electron chi connectivity index (χ2n) is 2.65. The van der Waals surface area contributed by atoms with Gasteiger partial charge in [0.2, 0.25) is 0 Å². The molecule has 4 heteroatoms. The average Bonchev–Trinajstić information content (AvgIpc) is 2.17. The average molecular weight is 304 g/mol. The number of nitriles is 1. The van der Waals surface area contributed by atoms with Gasteiger partial charge in [-0.05, 0) is 28.1 Å². The molecule has 0 fully saturated rings. The van der Waals surface area contributed by atoms with Gasteiger partial charge in [0, 0.05) is 28.1 Å². The summed E-state index contributed by atoms with van der Waals surface area (Å²) >= 11 is 6.60. The Bertz CT molecular complexity index is 302. The summed E-state index contributed by atoms with van der Waals surface area (Å²) < 4.78 is 0.962. The van der Waals surface area contributed by atoms with Crippen LogP contribution in [0.5, 0.6) is 0 Å². The summed E-state index contributed by atoms with van der Waals surface area (Å²) in [5.74, 6) is 0.00803. The molecule has 1 unspecified atom stereocenters. The second-order valence-corrected chi connectivity index (χ2v) is 4.22. The van der Waals surface area contributed by atoms with Crippen molar-refractivity contribution < 1.29 is 0 Å². The van der Waals surface area contributed by atoms with E-state index in [9.17, 15) is 0 Å². The molecule has 0 aromatic carbocycles. The molecule has 0 radical (unpaired) electrons. The molecule has 0 saturated carbocycles. The van der Waals surface area contributed by atoms with E-state index in [1.807, 2.05) is 12.1 Å². The maximum atomic E-state index is 8.72. The zero-order valence-electron chi connectivity index (χ0n) is 6.87. The van der Waals surface area contributed by atoms with Crippen LogP contribution in [-0.2, 0) is 6.42 Å². The summed E-state index contributed by atoms with van der Waals surface area (Å²) in [6.45, 7) is 0. The second kappa shape index (κ2) is 5.36. The summed E-state index contributed by atoms with van der Waals surface area (Å²) in [4.78, 5) is 4.20. The highest BCUT2D eigenvalue weighted by Crippen LogP contribution is 2.11. The number of rotatable bonds is 3. The van der Waals surface area contributed by atoms with Crippen molar-refractivity contribution in [2.75, 3.05) is 5.33 Å². The summed E-state index contributed by atoms with van der Waals surface area (Å²) in [7, 11) is 0. The van der Waals surface area contributed by atoms with Crippen molar-refractivity contribution >= 4 is 31.9 Å². The van der Waals surface area contributed by atoms with Gasteiger partial charge >= 0.3 is 0 Å². The molecule has 0 aliphatic carbocycles. The van der Waals surface area contributed by atoms with Crippen molar-refractivity contribution in [3.63, 3.8) is 0 Å². The highest BCUT2D eigenvalue weighted by molar-refractivity contribution is 9.10. The Kier molecular flexibility index (Phi) is 4.40. The largest absolute Gasteiger partial charge is 0.260 e. The Labute approximate surface area is 94.2 Å². The molecule has 0 amide bonds. The van der Waals surface area contributed by atoms with Gasteiger partial charge in [0.25, 0.3) is 0 Å². The van der Waals surface area contributed by atoms with E-state index in [0.29, 0.717) is 11.8 Å². The smallest absolute Gasteiger partial charge is 0.0668 e. The first kappa shape index (κ1) is 10.7. The van der Waals surface area contributed by atoms with Crippen molar-refractivity contribution in [3.8, 4) is 6.07 Å². The standard InChI is InChI=1S/C9H8Br2N2/c10-4-7(5-12)3-9-2-1-8(11)6-13-9/h1-2,6-7H,3-4H2. The predicted molar refractivity (Wildman–Crippen MR) is 58.5 cm³/mol. The predicted octanol–water partition coefficient (Wildman–Crippen LogP) is 2.92. The Hall–Kier alpha value is -0.400. The molecule has 0 spiro atoms. The van der Waals surface area contributed by atoms with Crippen LogP contribution in [0.1, 0.15) is 5.69 Å². The monoisotopic (exact) mass is 302 g/mol. The Morgan fingerprint density at radius 1 is 1.54 bits per heavy atom. The van der Waals surface area contributed by atoms with Crippen LogP contribution < -0.4 is 0 Å². The third-order valence-electron chi connectivity index (χ3n) is 1.61. The van der Waals surface area contributed by atoms with Crippen LogP contribution in [0.2, 0.25) is 0 Å². The van der Waals surface area contributed by atoms with E-state index in [-0.39, 0.29) is 5.92 Å². The lowest BCUT2D eigenvalue weighted by Gasteiger charge is -2.03. The van der Waals surface area contributed by atoms with Gasteiger partial charge in [-0.25, -0.2) is 0 Å². The number of aromatic nitrogens is 1. The lowest BCUT2D eigenvalue weighted by Crippen LogP contribution is -2.04. The summed E-state index contributed by atoms with van der Waals surface area (Å²) in [5, 5.41) is 9.42. The van der Waals surface area contributed by atoms with Crippen molar-refractivity contribution in [1.29, 1.82) is 5.26 Å². The third-order valence-corrected chi connectivity index (χ3v) is 2.86. The number of hydrogen-bond donors (Lipinski definition) is 0. The van der Waals surface area contributed by atoms with E-state index in [4.69, 9.17) is 5.26 Å². The first-order valence-electron chi connectivity index (χ1n) is 3.82. The Balaban J connectivity index is 2.64. The quantitative estimate of drug-likeness (QED) is 0.805. The van der Waals surface area contributed by atoms with Crippen molar-refractivity contribution in [3.05, 3.63) is 28.5 Å². The first-order chi connectivity index (χ1) is 6.26. The van der Waals surface area contributed by atoms with Crippen LogP contribution in [0.4, 0.5) is 0 Å². The molecule has 13 heavy (non-hydrogen) atoms. The molecule has 0 aliphatic heterocycles. The molecular weight excluding hydrogens is 296 g/mol. The van der Waals surface area contributed by atoms with Crippen LogP contribution in [0.15, 0.2) is 22.8 Å². The maximum absolute atomic E-state index is 8.72. The van der Waals surface area contributed by atoms with Crippen LogP contribution in [0.3, 0.4) is 0 Å². The molecule has 0 saturated heterocycles. The molecule has 1 aromatic rings. The van der Waals surface area contributed by atoms with Gasteiger partial charge in [-0.1, -0.05) is 15.9 Å².